The molecule has 0 amide bonds. The van der Waals surface area contributed by atoms with Crippen molar-refractivity contribution in [2.24, 2.45) is 5.92 Å². The van der Waals surface area contributed by atoms with Crippen molar-refractivity contribution in [1.82, 2.24) is 9.97 Å². The van der Waals surface area contributed by atoms with Crippen LogP contribution < -0.4 is 0 Å². The number of carbonyl (C=O) groups excluding carboxylic acids is 3. The highest BCUT2D eigenvalue weighted by Gasteiger charge is 2.35. The molecule has 1 heterocycles. The van der Waals surface area contributed by atoms with E-state index in [9.17, 15) is 14.4 Å². The summed E-state index contributed by atoms with van der Waals surface area (Å²) in [5.41, 5.74) is 0.546. The molecule has 0 N–H and O–H groups in total. The second-order valence-corrected chi connectivity index (χ2v) is 4.64. The third-order valence-electron chi connectivity index (χ3n) is 2.33. The lowest BCUT2D eigenvalue weighted by atomic mass is 9.99. The summed E-state index contributed by atoms with van der Waals surface area (Å²) in [6.45, 7) is 4.52. The molecule has 6 nitrogen and oxygen atoms in total. The van der Waals surface area contributed by atoms with Gasteiger partial charge >= 0.3 is 5.97 Å². The van der Waals surface area contributed by atoms with Crippen molar-refractivity contribution < 1.29 is 19.1 Å². The molecule has 1 rings (SSSR count). The minimum Gasteiger partial charge on any atom is -0.465 e. The first kappa shape index (κ1) is 15.4. The Bertz CT molecular complexity index is 530. The number of hydrogen-bond donors (Lipinski definition) is 0. The first-order valence-electron chi connectivity index (χ1n) is 5.58. The molecule has 0 bridgehead atoms. The van der Waals surface area contributed by atoms with Crippen molar-refractivity contribution in [2.45, 2.75) is 20.8 Å². The van der Waals surface area contributed by atoms with Crippen molar-refractivity contribution in [1.29, 1.82) is 0 Å². The van der Waals surface area contributed by atoms with E-state index in [0.29, 0.717) is 10.2 Å². The zero-order valence-electron chi connectivity index (χ0n) is 10.8. The van der Waals surface area contributed by atoms with Gasteiger partial charge in [-0.25, -0.2) is 9.97 Å². The van der Waals surface area contributed by atoms with Crippen LogP contribution in [0.1, 0.15) is 30.2 Å². The third-order valence-corrected chi connectivity index (χ3v) is 3.11. The van der Waals surface area contributed by atoms with E-state index in [1.807, 2.05) is 0 Å². The molecule has 7 heteroatoms. The summed E-state index contributed by atoms with van der Waals surface area (Å²) < 4.78 is 5.35. The summed E-state index contributed by atoms with van der Waals surface area (Å²) in [5.74, 6) is -3.88. The Labute approximate surface area is 118 Å². The number of rotatable bonds is 5. The largest absolute Gasteiger partial charge is 0.465 e. The maximum atomic E-state index is 12.1. The van der Waals surface area contributed by atoms with Crippen LogP contribution in [0.5, 0.6) is 0 Å². The number of aryl methyl sites for hydroxylation is 1. The molecule has 1 unspecified atom stereocenters. The van der Waals surface area contributed by atoms with Crippen molar-refractivity contribution in [3.05, 3.63) is 22.2 Å². The molecule has 0 aliphatic heterocycles. The van der Waals surface area contributed by atoms with Gasteiger partial charge < -0.3 is 4.74 Å². The molecule has 1 atom stereocenters. The van der Waals surface area contributed by atoms with E-state index in [2.05, 4.69) is 25.9 Å². The van der Waals surface area contributed by atoms with E-state index in [1.54, 1.807) is 13.8 Å². The lowest BCUT2D eigenvalue weighted by Crippen LogP contribution is -2.33. The average Bonchev–Trinajstić information content (AvgIpc) is 2.32. The minimum atomic E-state index is -1.50. The predicted octanol–water partition coefficient (Wildman–Crippen LogP) is 1.50. The van der Waals surface area contributed by atoms with E-state index in [4.69, 9.17) is 4.74 Å². The van der Waals surface area contributed by atoms with Crippen molar-refractivity contribution >= 4 is 33.5 Å². The van der Waals surface area contributed by atoms with Crippen LogP contribution in [0.15, 0.2) is 10.7 Å². The molecule has 0 aliphatic rings. The topological polar surface area (TPSA) is 86.2 Å². The molecule has 0 fully saturated rings. The van der Waals surface area contributed by atoms with Gasteiger partial charge in [0.1, 0.15) is 0 Å². The summed E-state index contributed by atoms with van der Waals surface area (Å²) in [6.07, 6.45) is 1.40. The Morgan fingerprint density at radius 1 is 1.42 bits per heavy atom. The Morgan fingerprint density at radius 3 is 2.53 bits per heavy atom. The van der Waals surface area contributed by atoms with E-state index < -0.39 is 23.5 Å². The summed E-state index contributed by atoms with van der Waals surface area (Å²) in [7, 11) is 0. The fourth-order valence-corrected chi connectivity index (χ4v) is 1.57. The fraction of sp³-hybridized carbons (Fsp3) is 0.417. The molecule has 19 heavy (non-hydrogen) atoms. The summed E-state index contributed by atoms with van der Waals surface area (Å²) in [6, 6.07) is 0. The Morgan fingerprint density at radius 2 is 2.05 bits per heavy atom. The summed E-state index contributed by atoms with van der Waals surface area (Å²) in [5, 5.41) is 0. The molecular weight excluding hydrogens is 316 g/mol. The van der Waals surface area contributed by atoms with Gasteiger partial charge in [0.25, 0.3) is 0 Å². The first-order valence-corrected chi connectivity index (χ1v) is 6.38. The number of ether oxygens (including phenoxy) is 1. The lowest BCUT2D eigenvalue weighted by Gasteiger charge is -2.10. The van der Waals surface area contributed by atoms with Gasteiger partial charge in [0.2, 0.25) is 5.78 Å². The summed E-state index contributed by atoms with van der Waals surface area (Å²) in [4.78, 5) is 42.9. The molecule has 0 aromatic carbocycles. The molecular formula is C12H13BrN2O4. The van der Waals surface area contributed by atoms with E-state index in [-0.39, 0.29) is 12.4 Å². The first-order chi connectivity index (χ1) is 8.88. The number of hydrogen-bond acceptors (Lipinski definition) is 6. The maximum Gasteiger partial charge on any atom is 0.324 e. The fourth-order valence-electron chi connectivity index (χ4n) is 1.38. The van der Waals surface area contributed by atoms with Crippen LogP contribution in [0.4, 0.5) is 0 Å². The highest BCUT2D eigenvalue weighted by molar-refractivity contribution is 9.10. The number of Topliss-reactive ketones (excluding diaryl/α,β-unsaturated/α-hetero) is 2. The monoisotopic (exact) mass is 328 g/mol. The van der Waals surface area contributed by atoms with Crippen LogP contribution in [0.3, 0.4) is 0 Å². The van der Waals surface area contributed by atoms with Crippen LogP contribution in [0.2, 0.25) is 0 Å². The van der Waals surface area contributed by atoms with Gasteiger partial charge in [0, 0.05) is 6.20 Å². The van der Waals surface area contributed by atoms with Crippen LogP contribution in [0.25, 0.3) is 0 Å². The minimum absolute atomic E-state index is 0.0934. The van der Waals surface area contributed by atoms with Crippen molar-refractivity contribution in [2.75, 3.05) is 6.61 Å². The number of nitrogens with zero attached hydrogens (tertiary/aromatic N) is 2. The van der Waals surface area contributed by atoms with Gasteiger partial charge in [-0.15, -0.1) is 0 Å². The molecule has 1 aromatic heterocycles. The van der Waals surface area contributed by atoms with Gasteiger partial charge in [-0.05, 0) is 36.7 Å². The van der Waals surface area contributed by atoms with Gasteiger partial charge in [0.15, 0.2) is 17.5 Å². The molecule has 0 aliphatic carbocycles. The molecule has 0 saturated heterocycles. The highest BCUT2D eigenvalue weighted by atomic mass is 79.9. The van der Waals surface area contributed by atoms with Gasteiger partial charge in [0.05, 0.1) is 16.8 Å². The second kappa shape index (κ2) is 6.51. The highest BCUT2D eigenvalue weighted by Crippen LogP contribution is 2.14. The standard InChI is InChI=1S/C12H13BrN2O4/c1-4-19-12(18)9(7(3)16)10(17)11-14-5-8(13)6(2)15-11/h5,9H,4H2,1-3H3. The SMILES string of the molecule is CCOC(=O)C(C(C)=O)C(=O)c1ncc(Br)c(C)n1. The zero-order valence-corrected chi connectivity index (χ0v) is 12.4. The quantitative estimate of drug-likeness (QED) is 0.462. The van der Waals surface area contributed by atoms with E-state index in [1.165, 1.54) is 6.20 Å². The Kier molecular flexibility index (Phi) is 5.29. The van der Waals surface area contributed by atoms with Gasteiger partial charge in [-0.3, -0.25) is 14.4 Å². The van der Waals surface area contributed by atoms with Gasteiger partial charge in [-0.2, -0.15) is 0 Å². The number of halogens is 1. The predicted molar refractivity (Wildman–Crippen MR) is 69.6 cm³/mol. The number of carbonyl (C=O) groups is 3. The molecule has 0 spiro atoms. The molecule has 0 saturated carbocycles. The van der Waals surface area contributed by atoms with Crippen LogP contribution in [-0.4, -0.2) is 34.1 Å². The Hall–Kier alpha value is -1.63. The van der Waals surface area contributed by atoms with Crippen LogP contribution in [-0.2, 0) is 14.3 Å². The number of aromatic nitrogens is 2. The zero-order chi connectivity index (χ0) is 14.6. The smallest absolute Gasteiger partial charge is 0.324 e. The second-order valence-electron chi connectivity index (χ2n) is 3.79. The van der Waals surface area contributed by atoms with Gasteiger partial charge in [-0.1, -0.05) is 0 Å². The number of esters is 1. The molecule has 0 radical (unpaired) electrons. The Balaban J connectivity index is 3.09. The maximum absolute atomic E-state index is 12.1. The van der Waals surface area contributed by atoms with Crippen molar-refractivity contribution in [3.63, 3.8) is 0 Å². The van der Waals surface area contributed by atoms with E-state index in [0.717, 1.165) is 6.92 Å². The van der Waals surface area contributed by atoms with E-state index >= 15 is 0 Å². The average molecular weight is 329 g/mol. The number of ketones is 2. The third kappa shape index (κ3) is 3.66. The van der Waals surface area contributed by atoms with Crippen LogP contribution in [0, 0.1) is 12.8 Å². The summed E-state index contributed by atoms with van der Waals surface area (Å²) >= 11 is 3.20. The lowest BCUT2D eigenvalue weighted by molar-refractivity contribution is -0.148. The molecule has 102 valence electrons. The van der Waals surface area contributed by atoms with Crippen LogP contribution >= 0.6 is 15.9 Å². The normalized spacial score (nSPS) is 11.8. The molecule has 1 aromatic rings. The van der Waals surface area contributed by atoms with Crippen molar-refractivity contribution in [3.8, 4) is 0 Å².